The summed E-state index contributed by atoms with van der Waals surface area (Å²) in [5.41, 5.74) is 5.52. The molecule has 0 bridgehead atoms. The summed E-state index contributed by atoms with van der Waals surface area (Å²) in [5, 5.41) is 22.8. The molecule has 0 aliphatic rings. The maximum atomic E-state index is 12.2. The molecule has 6 heteroatoms. The second-order valence-electron chi connectivity index (χ2n) is 8.37. The Bertz CT molecular complexity index is 962. The number of aliphatic hydroxyl groups is 2. The van der Waals surface area contributed by atoms with Crippen molar-refractivity contribution in [2.75, 3.05) is 12.5 Å². The van der Waals surface area contributed by atoms with Gasteiger partial charge in [0.2, 0.25) is 0 Å². The third kappa shape index (κ3) is 5.76. The van der Waals surface area contributed by atoms with Crippen molar-refractivity contribution >= 4 is 23.5 Å². The molecular formula is C27H33NO3S2. The van der Waals surface area contributed by atoms with E-state index >= 15 is 0 Å². The fourth-order valence-corrected chi connectivity index (χ4v) is 4.85. The highest BCUT2D eigenvalue weighted by Gasteiger charge is 2.45. The molecule has 0 saturated heterocycles. The molecule has 3 aromatic carbocycles. The summed E-state index contributed by atoms with van der Waals surface area (Å²) in [6, 6.07) is 25.1. The van der Waals surface area contributed by atoms with E-state index in [0.717, 1.165) is 20.9 Å². The second-order valence-corrected chi connectivity index (χ2v) is 10.1. The smallest absolute Gasteiger partial charge is 0.186 e. The van der Waals surface area contributed by atoms with Crippen LogP contribution in [0.4, 0.5) is 0 Å². The number of rotatable bonds is 10. The molecule has 2 unspecified atom stereocenters. The second kappa shape index (κ2) is 11.0. The van der Waals surface area contributed by atoms with Crippen LogP contribution in [0.1, 0.15) is 31.4 Å². The highest BCUT2D eigenvalue weighted by molar-refractivity contribution is 7.98. The average Bonchev–Trinajstić information content (AvgIpc) is 2.84. The molecule has 0 aromatic heterocycles. The predicted octanol–water partition coefficient (Wildman–Crippen LogP) is 5.51. The van der Waals surface area contributed by atoms with Gasteiger partial charge in [0.1, 0.15) is 17.5 Å². The number of hydrogen-bond donors (Lipinski definition) is 3. The molecule has 4 N–H and O–H groups in total. The van der Waals surface area contributed by atoms with Crippen molar-refractivity contribution in [3.63, 3.8) is 0 Å². The van der Waals surface area contributed by atoms with Gasteiger partial charge < -0.3 is 14.9 Å². The van der Waals surface area contributed by atoms with E-state index in [1.54, 1.807) is 30.4 Å². The third-order valence-electron chi connectivity index (χ3n) is 6.20. The highest BCUT2D eigenvalue weighted by Crippen LogP contribution is 2.40. The molecule has 3 rings (SSSR count). The first-order chi connectivity index (χ1) is 15.7. The third-order valence-corrected chi connectivity index (χ3v) is 7.68. The normalized spacial score (nSPS) is 15.5. The summed E-state index contributed by atoms with van der Waals surface area (Å²) in [5.74, 6) is 0.174. The number of para-hydroxylation sites is 1. The minimum Gasteiger partial charge on any atom is -0.470 e. The molecule has 0 spiro atoms. The van der Waals surface area contributed by atoms with Gasteiger partial charge in [-0.2, -0.15) is 0 Å². The van der Waals surface area contributed by atoms with Crippen molar-refractivity contribution in [1.29, 1.82) is 0 Å². The number of nitrogens with two attached hydrogens (primary N) is 1. The molecular weight excluding hydrogens is 450 g/mol. The van der Waals surface area contributed by atoms with Crippen LogP contribution in [0, 0.1) is 5.92 Å². The first-order valence-corrected chi connectivity index (χ1v) is 13.4. The molecule has 176 valence electrons. The monoisotopic (exact) mass is 483 g/mol. The van der Waals surface area contributed by atoms with Gasteiger partial charge in [0, 0.05) is 15.7 Å². The van der Waals surface area contributed by atoms with Gasteiger partial charge in [0.25, 0.3) is 0 Å². The van der Waals surface area contributed by atoms with Crippen LogP contribution >= 0.6 is 23.5 Å². The van der Waals surface area contributed by atoms with Gasteiger partial charge >= 0.3 is 0 Å². The summed E-state index contributed by atoms with van der Waals surface area (Å²) in [6.07, 6.45) is 3.35. The molecule has 0 fully saturated rings. The Morgan fingerprint density at radius 1 is 0.818 bits per heavy atom. The minimum absolute atomic E-state index is 0.262. The lowest BCUT2D eigenvalue weighted by Crippen LogP contribution is -2.60. The van der Waals surface area contributed by atoms with Crippen LogP contribution < -0.4 is 10.5 Å². The van der Waals surface area contributed by atoms with E-state index in [0.29, 0.717) is 5.75 Å². The van der Waals surface area contributed by atoms with Gasteiger partial charge in [0.05, 0.1) is 0 Å². The van der Waals surface area contributed by atoms with Gasteiger partial charge in [-0.3, -0.25) is 5.73 Å². The number of hydrogen-bond acceptors (Lipinski definition) is 6. The zero-order valence-corrected chi connectivity index (χ0v) is 21.2. The number of aliphatic hydroxyl groups excluding tert-OH is 1. The molecule has 3 aromatic rings. The number of ether oxygens (including phenoxy) is 1. The average molecular weight is 484 g/mol. The number of benzene rings is 3. The van der Waals surface area contributed by atoms with Crippen molar-refractivity contribution in [2.45, 2.75) is 47.5 Å². The molecule has 0 aliphatic heterocycles. The zero-order chi connectivity index (χ0) is 24.1. The molecule has 0 amide bonds. The largest absolute Gasteiger partial charge is 0.470 e. The van der Waals surface area contributed by atoms with Gasteiger partial charge in [-0.25, -0.2) is 0 Å². The van der Waals surface area contributed by atoms with Crippen molar-refractivity contribution in [1.82, 2.24) is 0 Å². The van der Waals surface area contributed by atoms with Crippen LogP contribution in [-0.2, 0) is 5.60 Å². The highest BCUT2D eigenvalue weighted by atomic mass is 32.2. The Morgan fingerprint density at radius 2 is 1.27 bits per heavy atom. The summed E-state index contributed by atoms with van der Waals surface area (Å²) in [4.78, 5) is 2.24. The maximum Gasteiger partial charge on any atom is 0.186 e. The maximum absolute atomic E-state index is 12.2. The Balaban J connectivity index is 2.01. The van der Waals surface area contributed by atoms with Crippen molar-refractivity contribution in [2.24, 2.45) is 11.7 Å². The molecule has 0 aliphatic carbocycles. The summed E-state index contributed by atoms with van der Waals surface area (Å²) >= 11 is 3.31. The Morgan fingerprint density at radius 3 is 1.67 bits per heavy atom. The van der Waals surface area contributed by atoms with Crippen molar-refractivity contribution < 1.29 is 14.9 Å². The lowest BCUT2D eigenvalue weighted by Gasteiger charge is -2.42. The quantitative estimate of drug-likeness (QED) is 0.261. The fraction of sp³-hybridized carbons (Fsp3) is 0.333. The SMILES string of the molecule is CSc1ccc(C(O)(C[C@@H](C)C(N)(Oc2ccccc2)C(C)O)c2ccc(SC)cc2)cc1. The first-order valence-electron chi connectivity index (χ1n) is 11.0. The summed E-state index contributed by atoms with van der Waals surface area (Å²) < 4.78 is 6.13. The molecule has 0 heterocycles. The predicted molar refractivity (Wildman–Crippen MR) is 139 cm³/mol. The Hall–Kier alpha value is -1.96. The zero-order valence-electron chi connectivity index (χ0n) is 19.6. The lowest BCUT2D eigenvalue weighted by atomic mass is 9.76. The lowest BCUT2D eigenvalue weighted by molar-refractivity contribution is -0.0962. The standard InChI is InChI=1S/C27H33NO3S2/c1-19(27(28,20(2)29)31-23-8-6-5-7-9-23)18-26(30,21-10-14-24(32-3)15-11-21)22-12-16-25(33-4)17-13-22/h5-17,19-20,29-30H,18,28H2,1-4H3/t19-,20?,27?/m1/s1. The van der Waals surface area contributed by atoms with Crippen molar-refractivity contribution in [3.8, 4) is 5.75 Å². The summed E-state index contributed by atoms with van der Waals surface area (Å²) in [7, 11) is 0. The van der Waals surface area contributed by atoms with Crippen LogP contribution in [0.2, 0.25) is 0 Å². The molecule has 0 saturated carbocycles. The molecule has 33 heavy (non-hydrogen) atoms. The van der Waals surface area contributed by atoms with Crippen LogP contribution in [0.3, 0.4) is 0 Å². The molecule has 3 atom stereocenters. The van der Waals surface area contributed by atoms with Crippen LogP contribution in [0.5, 0.6) is 5.75 Å². The van der Waals surface area contributed by atoms with E-state index < -0.39 is 23.3 Å². The number of thioether (sulfide) groups is 2. The van der Waals surface area contributed by atoms with Crippen LogP contribution in [0.25, 0.3) is 0 Å². The Kier molecular flexibility index (Phi) is 8.54. The van der Waals surface area contributed by atoms with Gasteiger partial charge in [-0.1, -0.05) is 49.4 Å². The van der Waals surface area contributed by atoms with E-state index in [9.17, 15) is 10.2 Å². The Labute approximate surface area is 205 Å². The van der Waals surface area contributed by atoms with E-state index in [1.807, 2.05) is 98.3 Å². The molecule has 4 nitrogen and oxygen atoms in total. The fourth-order valence-electron chi connectivity index (χ4n) is 4.03. The topological polar surface area (TPSA) is 75.7 Å². The van der Waals surface area contributed by atoms with E-state index in [4.69, 9.17) is 10.5 Å². The van der Waals surface area contributed by atoms with Crippen molar-refractivity contribution in [3.05, 3.63) is 90.0 Å². The van der Waals surface area contributed by atoms with Gasteiger partial charge in [0.15, 0.2) is 5.72 Å². The van der Waals surface area contributed by atoms with E-state index in [1.165, 1.54) is 0 Å². The van der Waals surface area contributed by atoms with Crippen LogP contribution in [0.15, 0.2) is 88.7 Å². The van der Waals surface area contributed by atoms with E-state index in [-0.39, 0.29) is 6.42 Å². The van der Waals surface area contributed by atoms with Gasteiger partial charge in [-0.05, 0) is 73.4 Å². The molecule has 0 radical (unpaired) electrons. The minimum atomic E-state index is -1.40. The first kappa shape index (κ1) is 25.7. The van der Waals surface area contributed by atoms with Crippen LogP contribution in [-0.4, -0.2) is 34.6 Å². The van der Waals surface area contributed by atoms with E-state index in [2.05, 4.69) is 0 Å². The van der Waals surface area contributed by atoms with Gasteiger partial charge in [-0.15, -0.1) is 23.5 Å². The summed E-state index contributed by atoms with van der Waals surface area (Å²) in [6.45, 7) is 3.53.